The molecule has 0 amide bonds. The molecule has 0 aliphatic heterocycles. The van der Waals surface area contributed by atoms with Gasteiger partial charge in [0.05, 0.1) is 0 Å². The molecule has 2 atom stereocenters. The molecule has 1 N–H and O–H groups in total. The second-order valence-corrected chi connectivity index (χ2v) is 4.37. The molecule has 18 heavy (non-hydrogen) atoms. The van der Waals surface area contributed by atoms with Crippen LogP contribution in [0.15, 0.2) is 23.3 Å². The number of aldehydes is 1. The Balaban J connectivity index is 2.90. The minimum absolute atomic E-state index is 0.110. The molecule has 4 heteroatoms. The fourth-order valence-corrected chi connectivity index (χ4v) is 2.08. The Kier molecular flexibility index (Phi) is 5.95. The van der Waals surface area contributed by atoms with Crippen LogP contribution in [0.5, 0.6) is 0 Å². The van der Waals surface area contributed by atoms with Crippen molar-refractivity contribution in [2.24, 2.45) is 0 Å². The molecule has 0 aromatic carbocycles. The topological polar surface area (TPSA) is 63.6 Å². The summed E-state index contributed by atoms with van der Waals surface area (Å²) >= 11 is 0. The van der Waals surface area contributed by atoms with Crippen LogP contribution in [0.1, 0.15) is 32.6 Å². The number of rotatable bonds is 7. The third-order valence-electron chi connectivity index (χ3n) is 3.07. The van der Waals surface area contributed by atoms with Gasteiger partial charge in [0.15, 0.2) is 12.1 Å². The summed E-state index contributed by atoms with van der Waals surface area (Å²) < 4.78 is 5.14. The molecule has 0 spiro atoms. The predicted molar refractivity (Wildman–Crippen MR) is 68.2 cm³/mol. The van der Waals surface area contributed by atoms with Gasteiger partial charge in [-0.25, -0.2) is 0 Å². The van der Waals surface area contributed by atoms with Crippen LogP contribution in [0.4, 0.5) is 0 Å². The summed E-state index contributed by atoms with van der Waals surface area (Å²) in [4.78, 5) is 23.1. The van der Waals surface area contributed by atoms with Crippen molar-refractivity contribution in [3.05, 3.63) is 23.3 Å². The zero-order valence-corrected chi connectivity index (χ0v) is 10.9. The van der Waals surface area contributed by atoms with E-state index in [-0.39, 0.29) is 5.78 Å². The standard InChI is InChI=1S/C14H20O4/c1-3-4-5-6-11(16)13-10(9-15)7-8-12(17)14(13)18-2/h7-9,12,14,17H,3-6H2,1-2H3. The van der Waals surface area contributed by atoms with E-state index in [0.717, 1.165) is 19.3 Å². The summed E-state index contributed by atoms with van der Waals surface area (Å²) in [6.45, 7) is 2.06. The Labute approximate surface area is 107 Å². The third kappa shape index (κ3) is 3.37. The normalized spacial score (nSPS) is 23.3. The Morgan fingerprint density at radius 3 is 2.78 bits per heavy atom. The number of unbranched alkanes of at least 4 members (excludes halogenated alkanes) is 2. The first-order valence-electron chi connectivity index (χ1n) is 6.27. The monoisotopic (exact) mass is 252 g/mol. The number of allylic oxidation sites excluding steroid dienone is 2. The zero-order chi connectivity index (χ0) is 13.5. The van der Waals surface area contributed by atoms with Gasteiger partial charge in [0.25, 0.3) is 0 Å². The van der Waals surface area contributed by atoms with Crippen LogP contribution in [0.2, 0.25) is 0 Å². The van der Waals surface area contributed by atoms with E-state index >= 15 is 0 Å². The highest BCUT2D eigenvalue weighted by atomic mass is 16.5. The number of aliphatic hydroxyl groups excluding tert-OH is 1. The summed E-state index contributed by atoms with van der Waals surface area (Å²) in [6, 6.07) is 0. The Morgan fingerprint density at radius 2 is 2.22 bits per heavy atom. The summed E-state index contributed by atoms with van der Waals surface area (Å²) in [5.41, 5.74) is 0.618. The van der Waals surface area contributed by atoms with Gasteiger partial charge in [-0.05, 0) is 6.42 Å². The van der Waals surface area contributed by atoms with Gasteiger partial charge in [0.1, 0.15) is 12.2 Å². The van der Waals surface area contributed by atoms with Gasteiger partial charge in [-0.1, -0.05) is 31.9 Å². The molecule has 0 bridgehead atoms. The van der Waals surface area contributed by atoms with Crippen LogP contribution in [0.3, 0.4) is 0 Å². The van der Waals surface area contributed by atoms with Gasteiger partial charge in [0.2, 0.25) is 0 Å². The maximum atomic E-state index is 12.1. The molecule has 0 aromatic heterocycles. The van der Waals surface area contributed by atoms with E-state index in [9.17, 15) is 14.7 Å². The predicted octanol–water partition coefficient (Wildman–Crippen LogP) is 1.58. The minimum Gasteiger partial charge on any atom is -0.386 e. The van der Waals surface area contributed by atoms with E-state index in [1.807, 2.05) is 0 Å². The van der Waals surface area contributed by atoms with Crippen molar-refractivity contribution in [2.75, 3.05) is 7.11 Å². The van der Waals surface area contributed by atoms with Crippen molar-refractivity contribution >= 4 is 12.1 Å². The molecule has 0 heterocycles. The number of Topliss-reactive ketones (excluding diaryl/α,β-unsaturated/α-hetero) is 1. The van der Waals surface area contributed by atoms with E-state index in [1.165, 1.54) is 19.3 Å². The molecule has 1 aliphatic carbocycles. The summed E-state index contributed by atoms with van der Waals surface area (Å²) in [5.74, 6) is -0.110. The summed E-state index contributed by atoms with van der Waals surface area (Å²) in [5, 5.41) is 9.76. The number of hydrogen-bond donors (Lipinski definition) is 1. The molecule has 100 valence electrons. The van der Waals surface area contributed by atoms with Crippen molar-refractivity contribution in [3.63, 3.8) is 0 Å². The maximum Gasteiger partial charge on any atom is 0.162 e. The number of aliphatic hydroxyl groups is 1. The highest BCUT2D eigenvalue weighted by Crippen LogP contribution is 2.24. The molecule has 0 fully saturated rings. The van der Waals surface area contributed by atoms with Gasteiger partial charge in [-0.2, -0.15) is 0 Å². The number of ketones is 1. The fraction of sp³-hybridized carbons (Fsp3) is 0.571. The highest BCUT2D eigenvalue weighted by Gasteiger charge is 2.31. The Hall–Kier alpha value is -1.26. The number of hydrogen-bond acceptors (Lipinski definition) is 4. The molecular weight excluding hydrogens is 232 g/mol. The van der Waals surface area contributed by atoms with Crippen molar-refractivity contribution in [1.29, 1.82) is 0 Å². The second-order valence-electron chi connectivity index (χ2n) is 4.37. The third-order valence-corrected chi connectivity index (χ3v) is 3.07. The van der Waals surface area contributed by atoms with Crippen LogP contribution in [0, 0.1) is 0 Å². The second kappa shape index (κ2) is 7.24. The lowest BCUT2D eigenvalue weighted by molar-refractivity contribution is -0.118. The first kappa shape index (κ1) is 14.8. The Morgan fingerprint density at radius 1 is 1.50 bits per heavy atom. The molecule has 0 radical (unpaired) electrons. The van der Waals surface area contributed by atoms with Gasteiger partial charge < -0.3 is 9.84 Å². The van der Waals surface area contributed by atoms with E-state index < -0.39 is 12.2 Å². The lowest BCUT2D eigenvalue weighted by Gasteiger charge is -2.25. The number of carbonyl (C=O) groups is 2. The smallest absolute Gasteiger partial charge is 0.162 e. The molecule has 0 saturated carbocycles. The van der Waals surface area contributed by atoms with Crippen molar-refractivity contribution < 1.29 is 19.4 Å². The Bertz CT molecular complexity index is 368. The number of methoxy groups -OCH3 is 1. The van der Waals surface area contributed by atoms with Gasteiger partial charge in [-0.15, -0.1) is 0 Å². The number of carbonyl (C=O) groups excluding carboxylic acids is 2. The first-order valence-corrected chi connectivity index (χ1v) is 6.27. The summed E-state index contributed by atoms with van der Waals surface area (Å²) in [6.07, 6.45) is 5.19. The minimum atomic E-state index is -0.871. The fourth-order valence-electron chi connectivity index (χ4n) is 2.08. The lowest BCUT2D eigenvalue weighted by Crippen LogP contribution is -2.35. The zero-order valence-electron chi connectivity index (χ0n) is 10.9. The number of ether oxygens (including phenoxy) is 1. The van der Waals surface area contributed by atoms with Crippen LogP contribution < -0.4 is 0 Å². The lowest BCUT2D eigenvalue weighted by atomic mass is 9.88. The van der Waals surface area contributed by atoms with Gasteiger partial charge >= 0.3 is 0 Å². The maximum absolute atomic E-state index is 12.1. The van der Waals surface area contributed by atoms with Crippen LogP contribution >= 0.6 is 0 Å². The van der Waals surface area contributed by atoms with Crippen molar-refractivity contribution in [2.45, 2.75) is 44.8 Å². The average molecular weight is 252 g/mol. The first-order chi connectivity index (χ1) is 8.65. The molecular formula is C14H20O4. The van der Waals surface area contributed by atoms with E-state index in [4.69, 9.17) is 4.74 Å². The molecule has 1 rings (SSSR count). The SMILES string of the molecule is CCCCCC(=O)C1=C(C=O)C=CC(O)C1OC. The summed E-state index contributed by atoms with van der Waals surface area (Å²) in [7, 11) is 1.43. The van der Waals surface area contributed by atoms with E-state index in [1.54, 1.807) is 0 Å². The largest absolute Gasteiger partial charge is 0.386 e. The highest BCUT2D eigenvalue weighted by molar-refractivity contribution is 6.03. The van der Waals surface area contributed by atoms with E-state index in [2.05, 4.69) is 6.92 Å². The quantitative estimate of drug-likeness (QED) is 0.552. The van der Waals surface area contributed by atoms with Crippen LogP contribution in [-0.2, 0) is 14.3 Å². The van der Waals surface area contributed by atoms with Crippen molar-refractivity contribution in [3.8, 4) is 0 Å². The van der Waals surface area contributed by atoms with Gasteiger partial charge in [-0.3, -0.25) is 9.59 Å². The van der Waals surface area contributed by atoms with Crippen LogP contribution in [-0.4, -0.2) is 36.5 Å². The molecule has 1 aliphatic rings. The van der Waals surface area contributed by atoms with Gasteiger partial charge in [0, 0.05) is 24.7 Å². The van der Waals surface area contributed by atoms with E-state index in [0.29, 0.717) is 23.9 Å². The van der Waals surface area contributed by atoms with Crippen molar-refractivity contribution in [1.82, 2.24) is 0 Å². The van der Waals surface area contributed by atoms with Crippen LogP contribution in [0.25, 0.3) is 0 Å². The molecule has 0 saturated heterocycles. The molecule has 4 nitrogen and oxygen atoms in total. The average Bonchev–Trinajstić information content (AvgIpc) is 2.38. The molecule has 2 unspecified atom stereocenters. The molecule has 0 aromatic rings.